The van der Waals surface area contributed by atoms with Crippen LogP contribution < -0.4 is 19.7 Å². The number of nitrogens with zero attached hydrogens (tertiary/aromatic N) is 1. The van der Waals surface area contributed by atoms with E-state index in [9.17, 15) is 10.1 Å². The second-order valence-electron chi connectivity index (χ2n) is 5.84. The van der Waals surface area contributed by atoms with Crippen molar-refractivity contribution in [1.29, 1.82) is 0 Å². The highest BCUT2D eigenvalue weighted by atomic mass is 16.7. The van der Waals surface area contributed by atoms with Crippen LogP contribution in [0.2, 0.25) is 0 Å². The van der Waals surface area contributed by atoms with Crippen LogP contribution in [-0.2, 0) is 11.3 Å². The minimum atomic E-state index is -0.358. The summed E-state index contributed by atoms with van der Waals surface area (Å²) in [5.41, 5.74) is 0.780. The molecule has 8 nitrogen and oxygen atoms in total. The van der Waals surface area contributed by atoms with Crippen LogP contribution in [0.3, 0.4) is 0 Å². The molecule has 2 aliphatic heterocycles. The summed E-state index contributed by atoms with van der Waals surface area (Å²) in [6.07, 6.45) is 1.09. The van der Waals surface area contributed by atoms with E-state index >= 15 is 0 Å². The molecule has 23 heavy (non-hydrogen) atoms. The first-order valence-corrected chi connectivity index (χ1v) is 8.04. The number of hydrogen-bond acceptors (Lipinski definition) is 5. The zero-order chi connectivity index (χ0) is 16.1. The molecule has 1 aromatic carbocycles. The van der Waals surface area contributed by atoms with Crippen molar-refractivity contribution < 1.29 is 29.4 Å². The Balaban J connectivity index is 1.48. The van der Waals surface area contributed by atoms with Gasteiger partial charge in [0.05, 0.1) is 42.9 Å². The van der Waals surface area contributed by atoms with E-state index in [-0.39, 0.29) is 17.4 Å². The van der Waals surface area contributed by atoms with Gasteiger partial charge in [-0.3, -0.25) is 10.1 Å². The number of nitrogens with one attached hydrogen (secondary N) is 1. The van der Waals surface area contributed by atoms with E-state index in [1.54, 1.807) is 11.0 Å². The Hall–Kier alpha value is -1.90. The summed E-state index contributed by atoms with van der Waals surface area (Å²) < 4.78 is 15.9. The van der Waals surface area contributed by atoms with Crippen LogP contribution in [0.15, 0.2) is 12.1 Å². The fraction of sp³-hybridized carbons (Fsp3) is 0.600. The molecule has 0 atom stereocenters. The maximum Gasteiger partial charge on any atom is 0.282 e. The Kier molecular flexibility index (Phi) is 5.27. The smallest absolute Gasteiger partial charge is 0.282 e. The molecule has 0 spiro atoms. The minimum Gasteiger partial charge on any atom is -0.454 e. The monoisotopic (exact) mass is 325 g/mol. The SMILES string of the molecule is O=[N+]([O-])c1cc2c(cc1C[NH2+]CCC[NH+]1CCOCC1)OCO2. The van der Waals surface area contributed by atoms with Crippen molar-refractivity contribution in [3.05, 3.63) is 27.8 Å². The Morgan fingerprint density at radius 2 is 1.96 bits per heavy atom. The van der Waals surface area contributed by atoms with E-state index in [1.165, 1.54) is 6.07 Å². The Morgan fingerprint density at radius 1 is 1.22 bits per heavy atom. The van der Waals surface area contributed by atoms with Gasteiger partial charge in [-0.1, -0.05) is 0 Å². The third-order valence-electron chi connectivity index (χ3n) is 4.27. The zero-order valence-corrected chi connectivity index (χ0v) is 13.1. The molecule has 0 bridgehead atoms. The molecule has 1 aromatic rings. The summed E-state index contributed by atoms with van der Waals surface area (Å²) in [7, 11) is 0. The van der Waals surface area contributed by atoms with E-state index in [0.717, 1.165) is 45.8 Å². The van der Waals surface area contributed by atoms with Gasteiger partial charge >= 0.3 is 0 Å². The molecule has 3 rings (SSSR count). The number of morpholine rings is 1. The lowest BCUT2D eigenvalue weighted by molar-refractivity contribution is -0.909. The summed E-state index contributed by atoms with van der Waals surface area (Å²) in [4.78, 5) is 12.4. The first-order chi connectivity index (χ1) is 11.2. The van der Waals surface area contributed by atoms with E-state index < -0.39 is 0 Å². The van der Waals surface area contributed by atoms with Crippen LogP contribution in [0.25, 0.3) is 0 Å². The van der Waals surface area contributed by atoms with Gasteiger partial charge in [-0.05, 0) is 6.07 Å². The standard InChI is InChI=1S/C15H21N3O5/c19-18(20)13-9-15-14(22-11-23-15)8-12(13)10-16-2-1-3-17-4-6-21-7-5-17/h8-9,16H,1-7,10-11H2/p+2. The third kappa shape index (κ3) is 4.10. The summed E-state index contributed by atoms with van der Waals surface area (Å²) in [5, 5.41) is 13.3. The maximum absolute atomic E-state index is 11.2. The predicted molar refractivity (Wildman–Crippen MR) is 80.7 cm³/mol. The van der Waals surface area contributed by atoms with Gasteiger partial charge in [0.2, 0.25) is 6.79 Å². The first-order valence-electron chi connectivity index (χ1n) is 8.04. The van der Waals surface area contributed by atoms with Gasteiger partial charge in [-0.25, -0.2) is 0 Å². The zero-order valence-electron chi connectivity index (χ0n) is 13.1. The molecule has 0 aromatic heterocycles. The molecule has 0 saturated carbocycles. The van der Waals surface area contributed by atoms with Gasteiger partial charge in [-0.2, -0.15) is 0 Å². The normalized spacial score (nSPS) is 17.4. The molecule has 8 heteroatoms. The molecule has 1 fully saturated rings. The van der Waals surface area contributed by atoms with Crippen LogP contribution >= 0.6 is 0 Å². The largest absolute Gasteiger partial charge is 0.454 e. The number of ether oxygens (including phenoxy) is 3. The van der Waals surface area contributed by atoms with E-state index in [4.69, 9.17) is 14.2 Å². The summed E-state index contributed by atoms with van der Waals surface area (Å²) in [5.74, 6) is 1.05. The highest BCUT2D eigenvalue weighted by Gasteiger charge is 2.24. The number of quaternary nitrogens is 2. The fourth-order valence-corrected chi connectivity index (χ4v) is 2.97. The highest BCUT2D eigenvalue weighted by Crippen LogP contribution is 2.37. The molecule has 0 aliphatic carbocycles. The quantitative estimate of drug-likeness (QED) is 0.369. The van der Waals surface area contributed by atoms with Gasteiger partial charge < -0.3 is 24.4 Å². The van der Waals surface area contributed by atoms with Crippen LogP contribution in [0.4, 0.5) is 5.69 Å². The number of nitro groups is 1. The van der Waals surface area contributed by atoms with Crippen molar-refractivity contribution in [3.63, 3.8) is 0 Å². The molecule has 3 N–H and O–H groups in total. The van der Waals surface area contributed by atoms with E-state index in [0.29, 0.717) is 23.6 Å². The van der Waals surface area contributed by atoms with E-state index in [1.807, 2.05) is 0 Å². The Labute approximate surface area is 134 Å². The first kappa shape index (κ1) is 16.0. The van der Waals surface area contributed by atoms with Crippen molar-refractivity contribution in [1.82, 2.24) is 0 Å². The molecule has 0 unspecified atom stereocenters. The van der Waals surface area contributed by atoms with Gasteiger partial charge in [0.25, 0.3) is 5.69 Å². The second-order valence-corrected chi connectivity index (χ2v) is 5.84. The van der Waals surface area contributed by atoms with Crippen molar-refractivity contribution in [2.75, 3.05) is 46.2 Å². The van der Waals surface area contributed by atoms with Crippen LogP contribution in [0.5, 0.6) is 11.5 Å². The highest BCUT2D eigenvalue weighted by molar-refractivity contribution is 5.54. The summed E-state index contributed by atoms with van der Waals surface area (Å²) >= 11 is 0. The molecule has 1 saturated heterocycles. The number of hydrogen-bond donors (Lipinski definition) is 2. The Bertz CT molecular complexity index is 560. The molecule has 0 radical (unpaired) electrons. The number of fused-ring (bicyclic) bond motifs is 1. The molecule has 2 aliphatic rings. The van der Waals surface area contributed by atoms with E-state index in [2.05, 4.69) is 5.32 Å². The molecular weight excluding hydrogens is 302 g/mol. The van der Waals surface area contributed by atoms with Gasteiger partial charge in [0.1, 0.15) is 19.6 Å². The average Bonchev–Trinajstić information content (AvgIpc) is 3.02. The third-order valence-corrected chi connectivity index (χ3v) is 4.27. The number of rotatable bonds is 7. The average molecular weight is 325 g/mol. The van der Waals surface area contributed by atoms with Crippen molar-refractivity contribution in [3.8, 4) is 11.5 Å². The van der Waals surface area contributed by atoms with Gasteiger partial charge in [-0.15, -0.1) is 0 Å². The number of benzene rings is 1. The molecule has 126 valence electrons. The Morgan fingerprint density at radius 3 is 2.70 bits per heavy atom. The molecule has 0 amide bonds. The second kappa shape index (κ2) is 7.58. The van der Waals surface area contributed by atoms with Crippen molar-refractivity contribution in [2.45, 2.75) is 13.0 Å². The van der Waals surface area contributed by atoms with Gasteiger partial charge in [0.15, 0.2) is 11.5 Å². The van der Waals surface area contributed by atoms with Crippen LogP contribution in [0.1, 0.15) is 12.0 Å². The lowest BCUT2D eigenvalue weighted by atomic mass is 10.1. The fourth-order valence-electron chi connectivity index (χ4n) is 2.97. The van der Waals surface area contributed by atoms with Crippen molar-refractivity contribution in [2.24, 2.45) is 0 Å². The summed E-state index contributed by atoms with van der Waals surface area (Å²) in [6, 6.07) is 3.19. The predicted octanol–water partition coefficient (Wildman–Crippen LogP) is -1.31. The lowest BCUT2D eigenvalue weighted by Crippen LogP contribution is -3.14. The lowest BCUT2D eigenvalue weighted by Gasteiger charge is -2.23. The van der Waals surface area contributed by atoms with Crippen molar-refractivity contribution >= 4 is 5.69 Å². The topological polar surface area (TPSA) is 91.9 Å². The number of nitro benzene ring substituents is 1. The summed E-state index contributed by atoms with van der Waals surface area (Å²) in [6.45, 7) is 6.64. The van der Waals surface area contributed by atoms with Crippen LogP contribution in [0, 0.1) is 10.1 Å². The van der Waals surface area contributed by atoms with Crippen LogP contribution in [-0.4, -0.2) is 51.1 Å². The van der Waals surface area contributed by atoms with Gasteiger partial charge in [0, 0.05) is 6.42 Å². The molecule has 2 heterocycles. The minimum absolute atomic E-state index is 0.101. The maximum atomic E-state index is 11.2. The number of nitrogens with two attached hydrogens (primary N) is 1. The molecular formula is C15H23N3O5+2.